The van der Waals surface area contributed by atoms with Crippen LogP contribution in [0.5, 0.6) is 5.75 Å². The maximum absolute atomic E-state index is 13.6. The van der Waals surface area contributed by atoms with Crippen LogP contribution >= 0.6 is 0 Å². The van der Waals surface area contributed by atoms with Crippen LogP contribution in [0, 0.1) is 29.1 Å². The van der Waals surface area contributed by atoms with Crippen LogP contribution in [0.2, 0.25) is 0 Å². The molecule has 4 amide bonds. The first kappa shape index (κ1) is 24.8. The van der Waals surface area contributed by atoms with Crippen LogP contribution in [0.1, 0.15) is 37.2 Å². The van der Waals surface area contributed by atoms with E-state index in [-0.39, 0.29) is 35.5 Å². The van der Waals surface area contributed by atoms with E-state index in [1.165, 1.54) is 0 Å². The number of Topliss-reactive ketones (excluding diaryl/α,β-unsaturated/α-hetero) is 1. The predicted molar refractivity (Wildman–Crippen MR) is 132 cm³/mol. The SMILES string of the molecule is COc1cccc2[nH]c(C(=O)N3C[C@H]4[C@@H]([C@H]3NC(=O)[C@@H](C[C@H]3CCNC3=O)C(=O)C(N)=O)C4(C)C)cc12. The molecule has 1 aromatic carbocycles. The summed E-state index contributed by atoms with van der Waals surface area (Å²) >= 11 is 0. The van der Waals surface area contributed by atoms with Crippen molar-refractivity contribution >= 4 is 40.3 Å². The third kappa shape index (κ3) is 4.11. The number of likely N-dealkylation sites (tertiary alicyclic amines) is 1. The number of piperidine rings is 1. The van der Waals surface area contributed by atoms with Gasteiger partial charge in [-0.15, -0.1) is 0 Å². The molecular weight excluding hydrogens is 478 g/mol. The van der Waals surface area contributed by atoms with Crippen LogP contribution in [-0.2, 0) is 19.2 Å². The molecule has 37 heavy (non-hydrogen) atoms. The summed E-state index contributed by atoms with van der Waals surface area (Å²) in [6.45, 7) is 5.03. The number of rotatable bonds is 8. The number of hydrogen-bond donors (Lipinski definition) is 4. The van der Waals surface area contributed by atoms with E-state index in [1.807, 2.05) is 18.2 Å². The maximum atomic E-state index is 13.6. The Morgan fingerprint density at radius 2 is 2.03 bits per heavy atom. The highest BCUT2D eigenvalue weighted by molar-refractivity contribution is 6.40. The fourth-order valence-corrected chi connectivity index (χ4v) is 6.14. The van der Waals surface area contributed by atoms with Crippen molar-refractivity contribution in [3.05, 3.63) is 30.0 Å². The molecule has 1 aliphatic carbocycles. The summed E-state index contributed by atoms with van der Waals surface area (Å²) in [5, 5.41) is 6.31. The lowest BCUT2D eigenvalue weighted by molar-refractivity contribution is -0.144. The number of hydrogen-bond acceptors (Lipinski definition) is 6. The molecule has 5 rings (SSSR count). The highest BCUT2D eigenvalue weighted by Gasteiger charge is 2.68. The minimum absolute atomic E-state index is 0.0153. The van der Waals surface area contributed by atoms with Crippen molar-refractivity contribution in [1.82, 2.24) is 20.5 Å². The van der Waals surface area contributed by atoms with E-state index in [9.17, 15) is 24.0 Å². The first-order chi connectivity index (χ1) is 17.5. The quantitative estimate of drug-likeness (QED) is 0.300. The largest absolute Gasteiger partial charge is 0.496 e. The molecule has 2 aromatic rings. The topological polar surface area (TPSA) is 164 Å². The number of ether oxygens (including phenoxy) is 1. The summed E-state index contributed by atoms with van der Waals surface area (Å²) in [5.74, 6) is -4.69. The first-order valence-electron chi connectivity index (χ1n) is 12.4. The third-order valence-electron chi connectivity index (χ3n) is 8.39. The molecule has 196 valence electrons. The lowest BCUT2D eigenvalue weighted by Crippen LogP contribution is -2.54. The Balaban J connectivity index is 1.40. The number of nitrogens with one attached hydrogen (secondary N) is 3. The zero-order valence-electron chi connectivity index (χ0n) is 21.0. The Morgan fingerprint density at radius 1 is 1.27 bits per heavy atom. The molecule has 3 heterocycles. The molecule has 0 bridgehead atoms. The van der Waals surface area contributed by atoms with Crippen molar-refractivity contribution in [1.29, 1.82) is 0 Å². The lowest BCUT2D eigenvalue weighted by Gasteiger charge is -2.32. The lowest BCUT2D eigenvalue weighted by atomic mass is 9.89. The number of primary amides is 1. The molecule has 2 aliphatic heterocycles. The van der Waals surface area contributed by atoms with E-state index < -0.39 is 35.6 Å². The summed E-state index contributed by atoms with van der Waals surface area (Å²) in [7, 11) is 1.56. The van der Waals surface area contributed by atoms with Gasteiger partial charge in [-0.2, -0.15) is 0 Å². The van der Waals surface area contributed by atoms with Gasteiger partial charge in [0.15, 0.2) is 0 Å². The van der Waals surface area contributed by atoms with Crippen molar-refractivity contribution in [3.8, 4) is 5.75 Å². The summed E-state index contributed by atoms with van der Waals surface area (Å²) in [4.78, 5) is 68.2. The van der Waals surface area contributed by atoms with Crippen molar-refractivity contribution in [2.24, 2.45) is 34.8 Å². The third-order valence-corrected chi connectivity index (χ3v) is 8.39. The van der Waals surface area contributed by atoms with Crippen molar-refractivity contribution in [2.45, 2.75) is 32.9 Å². The molecular formula is C26H31N5O6. The Labute approximate surface area is 213 Å². The number of nitrogens with zero attached hydrogens (tertiary/aromatic N) is 1. The first-order valence-corrected chi connectivity index (χ1v) is 12.4. The van der Waals surface area contributed by atoms with Crippen LogP contribution < -0.4 is 21.1 Å². The molecule has 2 saturated heterocycles. The summed E-state index contributed by atoms with van der Waals surface area (Å²) in [5.41, 5.74) is 6.23. The molecule has 3 aliphatic rings. The minimum atomic E-state index is -1.40. The standard InChI is InChI=1S/C26H31N5O6/c1-26(2)15-11-31(25(36)17-10-13-16(29-17)5-4-6-18(13)37-3)22(19(15)26)30-24(35)14(20(32)21(27)33)9-12-7-8-28-23(12)34/h4-6,10,12,14-15,19,22,29H,7-9,11H2,1-3H3,(H2,27,33)(H,28,34)(H,30,35)/t12-,14+,15+,19+,22+/m1/s1. The van der Waals surface area contributed by atoms with Gasteiger partial charge in [-0.25, -0.2) is 0 Å². The second-order valence-corrected chi connectivity index (χ2v) is 10.8. The smallest absolute Gasteiger partial charge is 0.285 e. The van der Waals surface area contributed by atoms with Gasteiger partial charge >= 0.3 is 0 Å². The Hall–Kier alpha value is -3.89. The van der Waals surface area contributed by atoms with E-state index in [0.29, 0.717) is 31.0 Å². The fourth-order valence-electron chi connectivity index (χ4n) is 6.14. The minimum Gasteiger partial charge on any atom is -0.496 e. The van der Waals surface area contributed by atoms with Gasteiger partial charge in [0.25, 0.3) is 11.8 Å². The van der Waals surface area contributed by atoms with Crippen LogP contribution in [-0.4, -0.2) is 65.7 Å². The van der Waals surface area contributed by atoms with E-state index in [1.54, 1.807) is 18.1 Å². The molecule has 1 saturated carbocycles. The van der Waals surface area contributed by atoms with Gasteiger partial charge in [0.1, 0.15) is 23.5 Å². The van der Waals surface area contributed by atoms with Gasteiger partial charge in [-0.1, -0.05) is 19.9 Å². The van der Waals surface area contributed by atoms with E-state index >= 15 is 0 Å². The van der Waals surface area contributed by atoms with Gasteiger partial charge in [-0.3, -0.25) is 24.0 Å². The average Bonchev–Trinajstić information content (AvgIpc) is 3.35. The zero-order valence-corrected chi connectivity index (χ0v) is 21.0. The molecule has 3 fully saturated rings. The summed E-state index contributed by atoms with van der Waals surface area (Å²) < 4.78 is 5.40. The number of nitrogens with two attached hydrogens (primary N) is 1. The molecule has 5 atom stereocenters. The molecule has 5 N–H and O–H groups in total. The highest BCUT2D eigenvalue weighted by Crippen LogP contribution is 2.64. The van der Waals surface area contributed by atoms with Crippen molar-refractivity contribution < 1.29 is 28.7 Å². The molecule has 0 radical (unpaired) electrons. The molecule has 11 nitrogen and oxygen atoms in total. The second kappa shape index (κ2) is 8.89. The van der Waals surface area contributed by atoms with E-state index in [4.69, 9.17) is 10.5 Å². The number of aromatic nitrogens is 1. The number of H-pyrrole nitrogens is 1. The number of carbonyl (C=O) groups excluding carboxylic acids is 5. The zero-order chi connectivity index (χ0) is 26.6. The average molecular weight is 510 g/mol. The van der Waals surface area contributed by atoms with Gasteiger partial charge < -0.3 is 31.0 Å². The summed E-state index contributed by atoms with van der Waals surface area (Å²) in [6.07, 6.45) is -0.321. The van der Waals surface area contributed by atoms with E-state index in [2.05, 4.69) is 29.5 Å². The Bertz CT molecular complexity index is 1320. The number of benzene rings is 1. The van der Waals surface area contributed by atoms with Gasteiger partial charge in [0.2, 0.25) is 17.6 Å². The highest BCUT2D eigenvalue weighted by atomic mass is 16.5. The number of aromatic amines is 1. The Morgan fingerprint density at radius 3 is 2.68 bits per heavy atom. The number of amides is 4. The van der Waals surface area contributed by atoms with Gasteiger partial charge in [-0.05, 0) is 42.4 Å². The number of methoxy groups -OCH3 is 1. The van der Waals surface area contributed by atoms with Gasteiger partial charge in [0, 0.05) is 35.8 Å². The van der Waals surface area contributed by atoms with Crippen LogP contribution in [0.15, 0.2) is 24.3 Å². The van der Waals surface area contributed by atoms with Crippen LogP contribution in [0.4, 0.5) is 0 Å². The molecule has 0 unspecified atom stereocenters. The molecule has 11 heteroatoms. The van der Waals surface area contributed by atoms with Crippen molar-refractivity contribution in [2.75, 3.05) is 20.2 Å². The van der Waals surface area contributed by atoms with Gasteiger partial charge in [0.05, 0.1) is 7.11 Å². The fraction of sp³-hybridized carbons (Fsp3) is 0.500. The number of ketones is 1. The molecule has 0 spiro atoms. The molecule has 1 aromatic heterocycles. The second-order valence-electron chi connectivity index (χ2n) is 10.8. The predicted octanol–water partition coefficient (Wildman–Crippen LogP) is 0.544. The normalized spacial score (nSPS) is 26.4. The Kier molecular flexibility index (Phi) is 5.96. The number of fused-ring (bicyclic) bond motifs is 2. The van der Waals surface area contributed by atoms with E-state index in [0.717, 1.165) is 10.9 Å². The van der Waals surface area contributed by atoms with Crippen LogP contribution in [0.3, 0.4) is 0 Å². The van der Waals surface area contributed by atoms with Crippen LogP contribution in [0.25, 0.3) is 10.9 Å². The monoisotopic (exact) mass is 509 g/mol. The maximum Gasteiger partial charge on any atom is 0.285 e. The van der Waals surface area contributed by atoms with Crippen molar-refractivity contribution in [3.63, 3.8) is 0 Å². The number of carbonyl (C=O) groups is 5. The summed E-state index contributed by atoms with van der Waals surface area (Å²) in [6, 6.07) is 7.20.